The van der Waals surface area contributed by atoms with Crippen molar-refractivity contribution >= 4 is 45.9 Å². The zero-order valence-electron chi connectivity index (χ0n) is 9.13. The molecule has 88 valence electrons. The Morgan fingerprint density at radius 3 is 2.76 bits per heavy atom. The van der Waals surface area contributed by atoms with Gasteiger partial charge in [0.15, 0.2) is 4.47 Å². The first-order chi connectivity index (χ1) is 8.08. The summed E-state index contributed by atoms with van der Waals surface area (Å²) in [4.78, 5) is 4.87. The fourth-order valence-corrected chi connectivity index (χ4v) is 2.53. The van der Waals surface area contributed by atoms with Crippen molar-refractivity contribution in [3.05, 3.63) is 50.9 Å². The minimum atomic E-state index is 0.499. The summed E-state index contributed by atoms with van der Waals surface area (Å²) in [6, 6.07) is 5.74. The first kappa shape index (κ1) is 12.4. The molecular formula is C12H10Cl2N2S. The van der Waals surface area contributed by atoms with Crippen LogP contribution in [0.2, 0.25) is 9.49 Å². The molecule has 2 rings (SSSR count). The Bertz CT molecular complexity index is 543. The molecule has 17 heavy (non-hydrogen) atoms. The second-order valence-electron chi connectivity index (χ2n) is 3.51. The molecule has 0 saturated heterocycles. The Hall–Kier alpha value is -1.03. The van der Waals surface area contributed by atoms with E-state index in [9.17, 15) is 0 Å². The molecule has 0 unspecified atom stereocenters. The summed E-state index contributed by atoms with van der Waals surface area (Å²) in [5, 5.41) is 3.86. The maximum absolute atomic E-state index is 6.12. The van der Waals surface area contributed by atoms with Crippen molar-refractivity contribution in [3.8, 4) is 0 Å². The van der Waals surface area contributed by atoms with Gasteiger partial charge in [0, 0.05) is 6.20 Å². The third kappa shape index (κ3) is 2.80. The van der Waals surface area contributed by atoms with Crippen LogP contribution in [0.3, 0.4) is 0 Å². The Morgan fingerprint density at radius 2 is 2.18 bits per heavy atom. The number of anilines is 1. The average Bonchev–Trinajstić information content (AvgIpc) is 2.70. The topological polar surface area (TPSA) is 24.9 Å². The molecule has 1 aromatic carbocycles. The molecule has 2 nitrogen and oxygen atoms in total. The highest BCUT2D eigenvalue weighted by Gasteiger charge is 2.08. The van der Waals surface area contributed by atoms with Crippen LogP contribution in [-0.4, -0.2) is 4.98 Å². The molecule has 0 saturated carbocycles. The van der Waals surface area contributed by atoms with Crippen LogP contribution < -0.4 is 5.32 Å². The van der Waals surface area contributed by atoms with E-state index in [1.54, 1.807) is 6.20 Å². The van der Waals surface area contributed by atoms with E-state index in [0.29, 0.717) is 9.49 Å². The van der Waals surface area contributed by atoms with E-state index in [-0.39, 0.29) is 0 Å². The predicted octanol–water partition coefficient (Wildman–Crippen LogP) is 4.84. The van der Waals surface area contributed by atoms with Gasteiger partial charge in [-0.3, -0.25) is 0 Å². The molecule has 0 bridgehead atoms. The maximum atomic E-state index is 6.12. The molecule has 0 radical (unpaired) electrons. The molecule has 2 aromatic rings. The number of aryl methyl sites for hydroxylation is 1. The first-order valence-electron chi connectivity index (χ1n) is 4.90. The van der Waals surface area contributed by atoms with E-state index in [1.807, 2.05) is 25.1 Å². The SMILES string of the molecule is C=C(Nc1c(C)cccc1Cl)c1cnc(Cl)s1. The van der Waals surface area contributed by atoms with Crippen molar-refractivity contribution in [1.82, 2.24) is 4.98 Å². The predicted molar refractivity (Wildman–Crippen MR) is 76.0 cm³/mol. The second kappa shape index (κ2) is 5.08. The van der Waals surface area contributed by atoms with Crippen molar-refractivity contribution < 1.29 is 0 Å². The third-order valence-electron chi connectivity index (χ3n) is 2.27. The minimum absolute atomic E-state index is 0.499. The number of nitrogens with zero attached hydrogens (tertiary/aromatic N) is 1. The van der Waals surface area contributed by atoms with E-state index in [0.717, 1.165) is 21.8 Å². The molecule has 0 fully saturated rings. The van der Waals surface area contributed by atoms with Crippen LogP contribution >= 0.6 is 34.5 Å². The number of benzene rings is 1. The highest BCUT2D eigenvalue weighted by Crippen LogP contribution is 2.30. The van der Waals surface area contributed by atoms with Crippen LogP contribution in [0.25, 0.3) is 5.70 Å². The molecule has 0 aliphatic heterocycles. The molecule has 0 aliphatic rings. The van der Waals surface area contributed by atoms with Gasteiger partial charge in [-0.25, -0.2) is 4.98 Å². The normalized spacial score (nSPS) is 10.3. The molecule has 1 N–H and O–H groups in total. The lowest BCUT2D eigenvalue weighted by atomic mass is 10.2. The van der Waals surface area contributed by atoms with E-state index in [2.05, 4.69) is 16.9 Å². The number of thiazole rings is 1. The van der Waals surface area contributed by atoms with Crippen LogP contribution in [-0.2, 0) is 0 Å². The van der Waals surface area contributed by atoms with Gasteiger partial charge in [0.2, 0.25) is 0 Å². The van der Waals surface area contributed by atoms with Gasteiger partial charge in [0.25, 0.3) is 0 Å². The monoisotopic (exact) mass is 284 g/mol. The number of para-hydroxylation sites is 1. The first-order valence-corrected chi connectivity index (χ1v) is 6.48. The minimum Gasteiger partial charge on any atom is -0.353 e. The molecule has 0 aliphatic carbocycles. The Kier molecular flexibility index (Phi) is 3.72. The number of hydrogen-bond acceptors (Lipinski definition) is 3. The molecule has 0 spiro atoms. The molecule has 5 heteroatoms. The van der Waals surface area contributed by atoms with Gasteiger partial charge in [0.05, 0.1) is 21.3 Å². The van der Waals surface area contributed by atoms with Crippen molar-refractivity contribution in [2.45, 2.75) is 6.92 Å². The fraction of sp³-hybridized carbons (Fsp3) is 0.0833. The second-order valence-corrected chi connectivity index (χ2v) is 5.53. The summed E-state index contributed by atoms with van der Waals surface area (Å²) < 4.78 is 0.499. The molecular weight excluding hydrogens is 275 g/mol. The van der Waals surface area contributed by atoms with Gasteiger partial charge in [-0.15, -0.1) is 11.3 Å². The van der Waals surface area contributed by atoms with Crippen LogP contribution in [0.15, 0.2) is 31.0 Å². The number of hydrogen-bond donors (Lipinski definition) is 1. The van der Waals surface area contributed by atoms with Crippen molar-refractivity contribution in [1.29, 1.82) is 0 Å². The summed E-state index contributed by atoms with van der Waals surface area (Å²) in [5.74, 6) is 0. The smallest absolute Gasteiger partial charge is 0.184 e. The van der Waals surface area contributed by atoms with Gasteiger partial charge >= 0.3 is 0 Å². The molecule has 0 amide bonds. The lowest BCUT2D eigenvalue weighted by molar-refractivity contribution is 1.40. The zero-order chi connectivity index (χ0) is 12.4. The van der Waals surface area contributed by atoms with Crippen molar-refractivity contribution in [3.63, 3.8) is 0 Å². The molecule has 1 aromatic heterocycles. The highest BCUT2D eigenvalue weighted by molar-refractivity contribution is 7.16. The summed E-state index contributed by atoms with van der Waals surface area (Å²) in [6.07, 6.45) is 1.69. The molecule has 0 atom stereocenters. The van der Waals surface area contributed by atoms with Crippen molar-refractivity contribution in [2.75, 3.05) is 5.32 Å². The number of halogens is 2. The van der Waals surface area contributed by atoms with Gasteiger partial charge in [0.1, 0.15) is 0 Å². The standard InChI is InChI=1S/C12H10Cl2N2S/c1-7-4-3-5-9(13)11(7)16-8(2)10-6-15-12(14)17-10/h3-6,16H,2H2,1H3. The van der Waals surface area contributed by atoms with E-state index in [4.69, 9.17) is 23.2 Å². The Morgan fingerprint density at radius 1 is 1.41 bits per heavy atom. The third-order valence-corrected chi connectivity index (χ3v) is 3.76. The summed E-state index contributed by atoms with van der Waals surface area (Å²) in [5.41, 5.74) is 2.67. The van der Waals surface area contributed by atoms with Gasteiger partial charge < -0.3 is 5.32 Å². The lowest BCUT2D eigenvalue weighted by Crippen LogP contribution is -1.98. The number of aromatic nitrogens is 1. The quantitative estimate of drug-likeness (QED) is 0.872. The largest absolute Gasteiger partial charge is 0.353 e. The zero-order valence-corrected chi connectivity index (χ0v) is 11.5. The van der Waals surface area contributed by atoms with E-state index >= 15 is 0 Å². The Balaban J connectivity index is 2.24. The van der Waals surface area contributed by atoms with Gasteiger partial charge in [-0.1, -0.05) is 41.9 Å². The lowest BCUT2D eigenvalue weighted by Gasteiger charge is -2.12. The van der Waals surface area contributed by atoms with Crippen LogP contribution in [0.1, 0.15) is 10.4 Å². The fourth-order valence-electron chi connectivity index (χ4n) is 1.40. The molecule has 1 heterocycles. The average molecular weight is 285 g/mol. The highest BCUT2D eigenvalue weighted by atomic mass is 35.5. The van der Waals surface area contributed by atoms with Gasteiger partial charge in [-0.05, 0) is 18.6 Å². The van der Waals surface area contributed by atoms with E-state index in [1.165, 1.54) is 11.3 Å². The van der Waals surface area contributed by atoms with Crippen LogP contribution in [0, 0.1) is 6.92 Å². The van der Waals surface area contributed by atoms with Crippen molar-refractivity contribution in [2.24, 2.45) is 0 Å². The summed E-state index contributed by atoms with van der Waals surface area (Å²) in [6.45, 7) is 5.95. The summed E-state index contributed by atoms with van der Waals surface area (Å²) >= 11 is 13.3. The maximum Gasteiger partial charge on any atom is 0.184 e. The van der Waals surface area contributed by atoms with E-state index < -0.39 is 0 Å². The number of rotatable bonds is 3. The van der Waals surface area contributed by atoms with Crippen LogP contribution in [0.4, 0.5) is 5.69 Å². The Labute approximate surface area is 114 Å². The number of nitrogens with one attached hydrogen (secondary N) is 1. The van der Waals surface area contributed by atoms with Gasteiger partial charge in [-0.2, -0.15) is 0 Å². The van der Waals surface area contributed by atoms with Crippen LogP contribution in [0.5, 0.6) is 0 Å². The summed E-state index contributed by atoms with van der Waals surface area (Å²) in [7, 11) is 0.